The van der Waals surface area contributed by atoms with Crippen LogP contribution in [0.4, 0.5) is 0 Å². The number of rotatable bonds is 1. The van der Waals surface area contributed by atoms with Gasteiger partial charge < -0.3 is 0 Å². The largest absolute Gasteiger partial charge is 0.333 e. The molecule has 0 radical (unpaired) electrons. The lowest BCUT2D eigenvalue weighted by Crippen LogP contribution is -2.30. The van der Waals surface area contributed by atoms with E-state index in [1.165, 1.54) is 10.8 Å². The Hall–Kier alpha value is -1.65. The summed E-state index contributed by atoms with van der Waals surface area (Å²) in [7, 11) is 0. The molecule has 0 aliphatic carbocycles. The Bertz CT molecular complexity index is 792. The first-order chi connectivity index (χ1) is 8.93. The van der Waals surface area contributed by atoms with E-state index in [1.54, 1.807) is 6.07 Å². The molecule has 0 saturated carbocycles. The summed E-state index contributed by atoms with van der Waals surface area (Å²) in [5.41, 5.74) is 0.111. The summed E-state index contributed by atoms with van der Waals surface area (Å²) < 4.78 is 2.57. The van der Waals surface area contributed by atoms with Crippen LogP contribution in [-0.4, -0.2) is 9.55 Å². The van der Waals surface area contributed by atoms with Gasteiger partial charge in [0.05, 0.1) is 5.69 Å². The van der Waals surface area contributed by atoms with Crippen LogP contribution in [0.15, 0.2) is 36.9 Å². The van der Waals surface area contributed by atoms with Crippen LogP contribution >= 0.6 is 31.9 Å². The third-order valence-corrected chi connectivity index (χ3v) is 3.67. The van der Waals surface area contributed by atoms with Crippen molar-refractivity contribution in [3.8, 4) is 11.8 Å². The van der Waals surface area contributed by atoms with Gasteiger partial charge in [0.2, 0.25) is 0 Å². The van der Waals surface area contributed by atoms with Gasteiger partial charge in [-0.05, 0) is 56.5 Å². The molecule has 2 aromatic rings. The van der Waals surface area contributed by atoms with E-state index < -0.39 is 11.2 Å². The van der Waals surface area contributed by atoms with Crippen LogP contribution in [0.3, 0.4) is 0 Å². The standard InChI is InChI=1S/C12H7Br2N3O2/c1-6-2-8(13)10(9(14)3-6)17-5-7(4-15)11(18)16-12(17)19/h2-3,5H,1H3,(H,16,18,19). The normalized spacial score (nSPS) is 10.2. The summed E-state index contributed by atoms with van der Waals surface area (Å²) in [4.78, 5) is 25.3. The first kappa shape index (κ1) is 13.8. The van der Waals surface area contributed by atoms with Crippen molar-refractivity contribution in [2.75, 3.05) is 0 Å². The van der Waals surface area contributed by atoms with Gasteiger partial charge in [0.15, 0.2) is 0 Å². The van der Waals surface area contributed by atoms with E-state index in [-0.39, 0.29) is 5.56 Å². The molecular formula is C12H7Br2N3O2. The van der Waals surface area contributed by atoms with Crippen molar-refractivity contribution in [1.29, 1.82) is 5.26 Å². The van der Waals surface area contributed by atoms with Crippen molar-refractivity contribution < 1.29 is 0 Å². The quantitative estimate of drug-likeness (QED) is 0.818. The number of aryl methyl sites for hydroxylation is 1. The molecule has 0 fully saturated rings. The average molecular weight is 385 g/mol. The Balaban J connectivity index is 2.84. The maximum atomic E-state index is 11.9. The minimum atomic E-state index is -0.692. The van der Waals surface area contributed by atoms with Crippen molar-refractivity contribution in [3.05, 3.63) is 59.2 Å². The van der Waals surface area contributed by atoms with Crippen molar-refractivity contribution in [2.24, 2.45) is 0 Å². The maximum absolute atomic E-state index is 11.9. The Kier molecular flexibility index (Phi) is 3.73. The Morgan fingerprint density at radius 1 is 1.26 bits per heavy atom. The highest BCUT2D eigenvalue weighted by molar-refractivity contribution is 9.11. The summed E-state index contributed by atoms with van der Waals surface area (Å²) in [6.45, 7) is 1.91. The minimum absolute atomic E-state index is 0.126. The highest BCUT2D eigenvalue weighted by Gasteiger charge is 2.12. The fourth-order valence-electron chi connectivity index (χ4n) is 1.64. The molecule has 0 saturated heterocycles. The van der Waals surface area contributed by atoms with Crippen LogP contribution in [0.2, 0.25) is 0 Å². The number of halogens is 2. The molecule has 5 nitrogen and oxygen atoms in total. The summed E-state index contributed by atoms with van der Waals surface area (Å²) in [5, 5.41) is 8.85. The molecule has 1 heterocycles. The number of aromatic nitrogens is 2. The number of hydrogen-bond acceptors (Lipinski definition) is 3. The SMILES string of the molecule is Cc1cc(Br)c(-n2cc(C#N)c(=O)[nH]c2=O)c(Br)c1. The Morgan fingerprint density at radius 2 is 1.84 bits per heavy atom. The van der Waals surface area contributed by atoms with Crippen LogP contribution in [-0.2, 0) is 0 Å². The van der Waals surface area contributed by atoms with Gasteiger partial charge in [0.1, 0.15) is 11.6 Å². The van der Waals surface area contributed by atoms with Gasteiger partial charge >= 0.3 is 5.69 Å². The third-order valence-electron chi connectivity index (χ3n) is 2.46. The molecule has 7 heteroatoms. The second-order valence-corrected chi connectivity index (χ2v) is 5.57. The number of nitrogens with zero attached hydrogens (tertiary/aromatic N) is 2. The summed E-state index contributed by atoms with van der Waals surface area (Å²) >= 11 is 6.74. The minimum Gasteiger partial charge on any atom is -0.273 e. The number of aromatic amines is 1. The summed E-state index contributed by atoms with van der Waals surface area (Å²) in [5.74, 6) is 0. The molecule has 0 aliphatic heterocycles. The average Bonchev–Trinajstić information content (AvgIpc) is 2.30. The van der Waals surface area contributed by atoms with Crippen LogP contribution in [0.25, 0.3) is 5.69 Å². The van der Waals surface area contributed by atoms with Crippen molar-refractivity contribution in [2.45, 2.75) is 6.92 Å². The highest BCUT2D eigenvalue weighted by Crippen LogP contribution is 2.29. The van der Waals surface area contributed by atoms with Gasteiger partial charge in [0.25, 0.3) is 5.56 Å². The molecule has 96 valence electrons. The lowest BCUT2D eigenvalue weighted by Gasteiger charge is -2.11. The lowest BCUT2D eigenvalue weighted by molar-refractivity contribution is 0.881. The smallest absolute Gasteiger partial charge is 0.273 e. The van der Waals surface area contributed by atoms with Crippen LogP contribution < -0.4 is 11.2 Å². The molecule has 1 aromatic heterocycles. The predicted molar refractivity (Wildman–Crippen MR) is 77.5 cm³/mol. The third kappa shape index (κ3) is 2.55. The Morgan fingerprint density at radius 3 is 2.37 bits per heavy atom. The second kappa shape index (κ2) is 5.15. The van der Waals surface area contributed by atoms with E-state index >= 15 is 0 Å². The van der Waals surface area contributed by atoms with E-state index in [4.69, 9.17) is 5.26 Å². The van der Waals surface area contributed by atoms with Gasteiger partial charge in [-0.15, -0.1) is 0 Å². The molecule has 19 heavy (non-hydrogen) atoms. The molecule has 0 unspecified atom stereocenters. The Labute approximate surface area is 124 Å². The highest BCUT2D eigenvalue weighted by atomic mass is 79.9. The molecule has 0 aliphatic rings. The molecule has 1 N–H and O–H groups in total. The first-order valence-corrected chi connectivity index (χ1v) is 6.74. The van der Waals surface area contributed by atoms with E-state index in [9.17, 15) is 9.59 Å². The topological polar surface area (TPSA) is 78.7 Å². The van der Waals surface area contributed by atoms with Crippen molar-refractivity contribution in [3.63, 3.8) is 0 Å². The molecular weight excluding hydrogens is 378 g/mol. The molecule has 0 spiro atoms. The second-order valence-electron chi connectivity index (χ2n) is 3.86. The maximum Gasteiger partial charge on any atom is 0.333 e. The number of nitriles is 1. The van der Waals surface area contributed by atoms with Crippen molar-refractivity contribution in [1.82, 2.24) is 9.55 Å². The van der Waals surface area contributed by atoms with E-state index in [1.807, 2.05) is 19.1 Å². The molecule has 0 amide bonds. The van der Waals surface area contributed by atoms with E-state index in [0.717, 1.165) is 5.56 Å². The lowest BCUT2D eigenvalue weighted by atomic mass is 10.2. The molecule has 2 rings (SSSR count). The van der Waals surface area contributed by atoms with Gasteiger partial charge in [-0.2, -0.15) is 5.26 Å². The molecule has 0 bridgehead atoms. The van der Waals surface area contributed by atoms with Gasteiger partial charge in [-0.3, -0.25) is 14.3 Å². The number of hydrogen-bond donors (Lipinski definition) is 1. The number of nitrogens with one attached hydrogen (secondary N) is 1. The van der Waals surface area contributed by atoms with Crippen LogP contribution in [0.5, 0.6) is 0 Å². The fraction of sp³-hybridized carbons (Fsp3) is 0.0833. The zero-order valence-electron chi connectivity index (χ0n) is 9.70. The first-order valence-electron chi connectivity index (χ1n) is 5.16. The molecule has 1 aromatic carbocycles. The van der Waals surface area contributed by atoms with Crippen molar-refractivity contribution >= 4 is 31.9 Å². The zero-order chi connectivity index (χ0) is 14.2. The zero-order valence-corrected chi connectivity index (χ0v) is 12.9. The fourth-order valence-corrected chi connectivity index (χ4v) is 3.44. The number of H-pyrrole nitrogens is 1. The number of benzene rings is 1. The predicted octanol–water partition coefficient (Wildman–Crippen LogP) is 2.23. The summed E-state index contributed by atoms with van der Waals surface area (Å²) in [6.07, 6.45) is 1.22. The van der Waals surface area contributed by atoms with Gasteiger partial charge in [-0.25, -0.2) is 4.79 Å². The molecule has 0 atom stereocenters. The van der Waals surface area contributed by atoms with Gasteiger partial charge in [0, 0.05) is 15.1 Å². The van der Waals surface area contributed by atoms with Crippen LogP contribution in [0.1, 0.15) is 11.1 Å². The van der Waals surface area contributed by atoms with Gasteiger partial charge in [-0.1, -0.05) is 0 Å². The van der Waals surface area contributed by atoms with E-state index in [0.29, 0.717) is 14.6 Å². The van der Waals surface area contributed by atoms with Crippen LogP contribution in [0, 0.1) is 18.3 Å². The summed E-state index contributed by atoms with van der Waals surface area (Å²) in [6, 6.07) is 5.42. The van der Waals surface area contributed by atoms with E-state index in [2.05, 4.69) is 36.8 Å². The monoisotopic (exact) mass is 383 g/mol.